The van der Waals surface area contributed by atoms with Crippen molar-refractivity contribution in [3.05, 3.63) is 95.6 Å². The average molecular weight is 481 g/mol. The Labute approximate surface area is 196 Å². The molecule has 1 atom stereocenters. The molecule has 0 saturated carbocycles. The summed E-state index contributed by atoms with van der Waals surface area (Å²) >= 11 is 6.47. The number of imidazole rings is 1. The fraction of sp³-hybridized carbons (Fsp3) is 0.0833. The van der Waals surface area contributed by atoms with Crippen LogP contribution in [0.3, 0.4) is 0 Å². The zero-order valence-corrected chi connectivity index (χ0v) is 19.3. The molecule has 0 aliphatic rings. The van der Waals surface area contributed by atoms with Crippen LogP contribution in [0.4, 0.5) is 0 Å². The topological polar surface area (TPSA) is 56.5 Å². The van der Waals surface area contributed by atoms with Gasteiger partial charge in [0.05, 0.1) is 22.7 Å². The first-order valence-corrected chi connectivity index (χ1v) is 12.5. The van der Waals surface area contributed by atoms with Gasteiger partial charge in [-0.3, -0.25) is 4.21 Å². The van der Waals surface area contributed by atoms with Crippen LogP contribution in [0.25, 0.3) is 16.2 Å². The molecule has 2 heterocycles. The molecule has 0 aliphatic heterocycles. The molecule has 3 aromatic carbocycles. The van der Waals surface area contributed by atoms with E-state index >= 15 is 0 Å². The number of benzene rings is 3. The zero-order chi connectivity index (χ0) is 21.9. The summed E-state index contributed by atoms with van der Waals surface area (Å²) in [6.45, 7) is 0. The summed E-state index contributed by atoms with van der Waals surface area (Å²) in [6.07, 6.45) is 2.62. The lowest BCUT2D eigenvalue weighted by molar-refractivity contribution is -0.288. The third-order valence-corrected chi connectivity index (χ3v) is 7.69. The van der Waals surface area contributed by atoms with Crippen LogP contribution in [0.5, 0.6) is 11.5 Å². The predicted molar refractivity (Wildman–Crippen MR) is 125 cm³/mol. The van der Waals surface area contributed by atoms with Crippen LogP contribution in [-0.2, 0) is 17.2 Å². The van der Waals surface area contributed by atoms with Crippen molar-refractivity contribution < 1.29 is 20.5 Å². The highest BCUT2D eigenvalue weighted by Gasteiger charge is 2.14. The Morgan fingerprint density at radius 2 is 1.62 bits per heavy atom. The molecule has 0 aliphatic carbocycles. The molecule has 0 fully saturated rings. The number of nitrogens with zero attached hydrogens (tertiary/aromatic N) is 3. The summed E-state index contributed by atoms with van der Waals surface area (Å²) in [5, 5.41) is 5.27. The summed E-state index contributed by atoms with van der Waals surface area (Å²) in [5.74, 6) is 2.02. The van der Waals surface area contributed by atoms with E-state index in [1.165, 1.54) is 16.9 Å². The van der Waals surface area contributed by atoms with E-state index in [4.69, 9.17) is 16.3 Å². The molecule has 5 rings (SSSR count). The van der Waals surface area contributed by atoms with Gasteiger partial charge in [-0.1, -0.05) is 41.7 Å². The van der Waals surface area contributed by atoms with Crippen molar-refractivity contribution in [1.29, 1.82) is 0 Å². The highest BCUT2D eigenvalue weighted by atomic mass is 35.5. The maximum Gasteiger partial charge on any atom is 0.225 e. The van der Waals surface area contributed by atoms with Gasteiger partial charge in [0.15, 0.2) is 11.6 Å². The van der Waals surface area contributed by atoms with Gasteiger partial charge < -0.3 is 4.74 Å². The number of fused-ring (bicyclic) bond motifs is 1. The second kappa shape index (κ2) is 9.24. The summed E-state index contributed by atoms with van der Waals surface area (Å²) < 4.78 is 20.8. The minimum absolute atomic E-state index is 0.546. The summed E-state index contributed by atoms with van der Waals surface area (Å²) in [4.78, 5) is 5.39. The zero-order valence-electron chi connectivity index (χ0n) is 16.9. The summed E-state index contributed by atoms with van der Waals surface area (Å²) in [7, 11) is -1.15. The normalized spacial score (nSPS) is 12.2. The number of aromatic nitrogens is 3. The second-order valence-electron chi connectivity index (χ2n) is 7.10. The molecule has 5 aromatic rings. The molecule has 32 heavy (non-hydrogen) atoms. The van der Waals surface area contributed by atoms with E-state index < -0.39 is 10.8 Å². The monoisotopic (exact) mass is 480 g/mol. The van der Waals surface area contributed by atoms with Crippen LogP contribution in [0.1, 0.15) is 5.56 Å². The number of rotatable bonds is 7. The molecule has 0 saturated heterocycles. The van der Waals surface area contributed by atoms with Gasteiger partial charge in [0, 0.05) is 23.4 Å². The lowest BCUT2D eigenvalue weighted by Crippen LogP contribution is -2.01. The lowest BCUT2D eigenvalue weighted by Gasteiger charge is -2.05. The number of ether oxygens (including phenoxy) is 1. The van der Waals surface area contributed by atoms with Crippen molar-refractivity contribution in [3.63, 3.8) is 0 Å². The Kier molecular flexibility index (Phi) is 6.03. The van der Waals surface area contributed by atoms with E-state index in [1.54, 1.807) is 4.52 Å². The van der Waals surface area contributed by atoms with Crippen molar-refractivity contribution in [3.8, 4) is 22.8 Å². The van der Waals surface area contributed by atoms with Gasteiger partial charge in [-0.05, 0) is 48.4 Å². The Morgan fingerprint density at radius 3 is 2.31 bits per heavy atom. The van der Waals surface area contributed by atoms with Gasteiger partial charge in [0.25, 0.3) is 0 Å². The maximum atomic E-state index is 12.6. The van der Waals surface area contributed by atoms with Crippen LogP contribution in [-0.4, -0.2) is 24.6 Å². The molecule has 1 unspecified atom stereocenters. The molecule has 0 bridgehead atoms. The molecule has 2 aromatic heterocycles. The number of hydrogen-bond acceptors (Lipinski definition) is 5. The predicted octanol–water partition coefficient (Wildman–Crippen LogP) is 5.30. The largest absolute Gasteiger partial charge is 0.457 e. The molecule has 5 nitrogen and oxygen atoms in total. The van der Waals surface area contributed by atoms with Gasteiger partial charge in [0.2, 0.25) is 14.3 Å². The van der Waals surface area contributed by atoms with Crippen LogP contribution in [0, 0.1) is 11.6 Å². The standard InChI is InChI=1S/C24H19ClN3O2S2/c25-19-8-12-21(13-9-19)30-20-10-6-18(7-11-20)22-16-28-23(26-22)31-24(27-28)32(29)15-14-17-4-2-1-3-5-17/h1-13,16,25H,14-15H2/q+1. The van der Waals surface area contributed by atoms with Crippen molar-refractivity contribution in [2.45, 2.75) is 10.8 Å². The third-order valence-electron chi connectivity index (χ3n) is 4.85. The van der Waals surface area contributed by atoms with Gasteiger partial charge in [-0.15, -0.1) is 5.10 Å². The van der Waals surface area contributed by atoms with E-state index in [2.05, 4.69) is 10.1 Å². The molecule has 8 heteroatoms. The van der Waals surface area contributed by atoms with E-state index in [9.17, 15) is 4.21 Å². The first-order chi connectivity index (χ1) is 15.6. The van der Waals surface area contributed by atoms with Crippen LogP contribution < -0.4 is 4.74 Å². The molecule has 160 valence electrons. The fourth-order valence-corrected chi connectivity index (χ4v) is 5.57. The highest BCUT2D eigenvalue weighted by Crippen LogP contribution is 2.27. The third kappa shape index (κ3) is 4.75. The van der Waals surface area contributed by atoms with Crippen molar-refractivity contribution in [2.24, 2.45) is 0 Å². The van der Waals surface area contributed by atoms with Crippen molar-refractivity contribution in [1.82, 2.24) is 14.6 Å². The first-order valence-electron chi connectivity index (χ1n) is 9.98. The first kappa shape index (κ1) is 20.9. The molecule has 0 spiro atoms. The Balaban J connectivity index is 1.26. The van der Waals surface area contributed by atoms with Crippen molar-refractivity contribution >= 4 is 27.1 Å². The molecular formula is C24H19ClN3O2S2+. The number of aryl methyl sites for hydroxylation is 1. The van der Waals surface area contributed by atoms with E-state index in [0.717, 1.165) is 39.2 Å². The van der Waals surface area contributed by atoms with Gasteiger partial charge in [0.1, 0.15) is 11.5 Å². The van der Waals surface area contributed by atoms with Crippen LogP contribution >= 0.6 is 11.3 Å². The van der Waals surface area contributed by atoms with E-state index in [1.807, 2.05) is 85.1 Å². The minimum atomic E-state index is -1.15. The van der Waals surface area contributed by atoms with E-state index in [-0.39, 0.29) is 0 Å². The molecule has 0 N–H and O–H groups in total. The maximum absolute atomic E-state index is 12.6. The molecule has 0 radical (unpaired) electrons. The minimum Gasteiger partial charge on any atom is -0.457 e. The lowest BCUT2D eigenvalue weighted by atomic mass is 10.2. The van der Waals surface area contributed by atoms with Crippen molar-refractivity contribution in [2.75, 3.05) is 5.75 Å². The second-order valence-corrected chi connectivity index (χ2v) is 10.3. The SMILES string of the molecule is O=S(CCc1ccccc1)c1nn2cc(-c3ccc(Oc4ccc([ClH+])cc4)cc3)nc2s1. The van der Waals surface area contributed by atoms with Crippen LogP contribution in [0.2, 0.25) is 5.02 Å². The summed E-state index contributed by atoms with van der Waals surface area (Å²) in [5.41, 5.74) is 2.95. The number of hydrogen-bond donors (Lipinski definition) is 0. The highest BCUT2D eigenvalue weighted by molar-refractivity contribution is 7.87. The smallest absolute Gasteiger partial charge is 0.225 e. The quantitative estimate of drug-likeness (QED) is 0.317. The van der Waals surface area contributed by atoms with Gasteiger partial charge in [-0.25, -0.2) is 9.50 Å². The van der Waals surface area contributed by atoms with Gasteiger partial charge in [-0.2, -0.15) is 0 Å². The molecule has 0 amide bonds. The average Bonchev–Trinajstić information content (AvgIpc) is 3.40. The van der Waals surface area contributed by atoms with Gasteiger partial charge >= 0.3 is 0 Å². The Bertz CT molecular complexity index is 1330. The Hall–Kier alpha value is -3.00. The number of halogens is 1. The van der Waals surface area contributed by atoms with Crippen LogP contribution in [0.15, 0.2) is 89.4 Å². The Morgan fingerprint density at radius 1 is 0.938 bits per heavy atom. The molecular weight excluding hydrogens is 462 g/mol. The van der Waals surface area contributed by atoms with E-state index in [0.29, 0.717) is 10.1 Å². The fourth-order valence-electron chi connectivity index (χ4n) is 3.19. The summed E-state index contributed by atoms with van der Waals surface area (Å²) in [6, 6.07) is 25.2.